The van der Waals surface area contributed by atoms with Crippen LogP contribution in [0.25, 0.3) is 0 Å². The molecule has 1 aliphatic carbocycles. The Kier molecular flexibility index (Phi) is 6.17. The molecule has 1 saturated carbocycles. The number of halogens is 1. The maximum Gasteiger partial charge on any atom is 0.222 e. The summed E-state index contributed by atoms with van der Waals surface area (Å²) in [5, 5.41) is 3.00. The quantitative estimate of drug-likeness (QED) is 0.713. The lowest BCUT2D eigenvalue weighted by Gasteiger charge is -2.29. The Hall–Kier alpha value is -0.320. The molecule has 0 heterocycles. The van der Waals surface area contributed by atoms with Crippen molar-refractivity contribution in [3.8, 4) is 0 Å². The van der Waals surface area contributed by atoms with Crippen molar-refractivity contribution in [2.45, 2.75) is 31.7 Å². The first-order valence-electron chi connectivity index (χ1n) is 5.12. The van der Waals surface area contributed by atoms with Crippen LogP contribution in [0.5, 0.6) is 0 Å². The van der Waals surface area contributed by atoms with Gasteiger partial charge in [-0.05, 0) is 25.7 Å². The van der Waals surface area contributed by atoms with Gasteiger partial charge in [-0.3, -0.25) is 4.79 Å². The zero-order chi connectivity index (χ0) is 10.6. The average molecular weight is 237 g/mol. The number of nitrogens with two attached hydrogens (primary N) is 1. The number of carbonyl (C=O) groups excluding carboxylic acids is 1. The predicted octanol–water partition coefficient (Wildman–Crippen LogP) is 0.688. The summed E-state index contributed by atoms with van der Waals surface area (Å²) in [6.45, 7) is 3.00. The van der Waals surface area contributed by atoms with E-state index in [1.54, 1.807) is 7.11 Å². The van der Waals surface area contributed by atoms with E-state index in [-0.39, 0.29) is 23.9 Å². The summed E-state index contributed by atoms with van der Waals surface area (Å²) in [6.07, 6.45) is 2.77. The highest BCUT2D eigenvalue weighted by Crippen LogP contribution is 2.38. The van der Waals surface area contributed by atoms with E-state index in [0.29, 0.717) is 25.5 Å². The molecule has 90 valence electrons. The molecule has 0 aliphatic heterocycles. The lowest BCUT2D eigenvalue weighted by Crippen LogP contribution is -2.53. The number of methoxy groups -OCH3 is 1. The minimum absolute atomic E-state index is 0. The van der Waals surface area contributed by atoms with Gasteiger partial charge >= 0.3 is 0 Å². The molecule has 0 spiro atoms. The van der Waals surface area contributed by atoms with Crippen LogP contribution in [-0.4, -0.2) is 31.7 Å². The van der Waals surface area contributed by atoms with E-state index in [4.69, 9.17) is 10.5 Å². The largest absolute Gasteiger partial charge is 0.384 e. The molecule has 1 aliphatic rings. The van der Waals surface area contributed by atoms with E-state index in [1.807, 2.05) is 6.92 Å². The van der Waals surface area contributed by atoms with Gasteiger partial charge in [0, 0.05) is 20.1 Å². The van der Waals surface area contributed by atoms with Gasteiger partial charge in [0.25, 0.3) is 0 Å². The number of hydrogen-bond acceptors (Lipinski definition) is 3. The lowest BCUT2D eigenvalue weighted by atomic mass is 9.96. The molecular formula is C10H21ClN2O2. The maximum atomic E-state index is 11.5. The fourth-order valence-corrected chi connectivity index (χ4v) is 1.62. The predicted molar refractivity (Wildman–Crippen MR) is 62.1 cm³/mol. The van der Waals surface area contributed by atoms with Gasteiger partial charge in [0.15, 0.2) is 0 Å². The molecule has 1 unspecified atom stereocenters. The molecule has 0 aromatic carbocycles. The van der Waals surface area contributed by atoms with Gasteiger partial charge in [0.1, 0.15) is 0 Å². The van der Waals surface area contributed by atoms with Crippen LogP contribution >= 0.6 is 12.4 Å². The third-order valence-electron chi connectivity index (χ3n) is 2.86. The van der Waals surface area contributed by atoms with Crippen LogP contribution in [0.15, 0.2) is 0 Å². The van der Waals surface area contributed by atoms with Crippen molar-refractivity contribution in [1.82, 2.24) is 5.32 Å². The van der Waals surface area contributed by atoms with Gasteiger partial charge in [0.05, 0.1) is 12.1 Å². The van der Waals surface area contributed by atoms with E-state index in [0.717, 1.165) is 0 Å². The zero-order valence-electron chi connectivity index (χ0n) is 9.41. The van der Waals surface area contributed by atoms with Crippen LogP contribution in [0.3, 0.4) is 0 Å². The third kappa shape index (κ3) is 4.36. The summed E-state index contributed by atoms with van der Waals surface area (Å²) in [4.78, 5) is 11.5. The van der Waals surface area contributed by atoms with Crippen LogP contribution < -0.4 is 11.1 Å². The van der Waals surface area contributed by atoms with Gasteiger partial charge in [-0.1, -0.05) is 0 Å². The van der Waals surface area contributed by atoms with Gasteiger partial charge in [0.2, 0.25) is 5.91 Å². The molecule has 0 saturated heterocycles. The molecule has 1 atom stereocenters. The van der Waals surface area contributed by atoms with Crippen molar-refractivity contribution in [1.29, 1.82) is 0 Å². The normalized spacial score (nSPS) is 18.9. The highest BCUT2D eigenvalue weighted by atomic mass is 35.5. The SMILES string of the molecule is COCCC(=O)NC(C)(CN)C1CC1.Cl. The van der Waals surface area contributed by atoms with Crippen molar-refractivity contribution in [3.05, 3.63) is 0 Å². The highest BCUT2D eigenvalue weighted by molar-refractivity contribution is 5.85. The van der Waals surface area contributed by atoms with Crippen LogP contribution in [0, 0.1) is 5.92 Å². The average Bonchev–Trinajstić information content (AvgIpc) is 2.97. The van der Waals surface area contributed by atoms with E-state index >= 15 is 0 Å². The van der Waals surface area contributed by atoms with Crippen molar-refractivity contribution in [2.75, 3.05) is 20.3 Å². The molecule has 3 N–H and O–H groups in total. The Bertz CT molecular complexity index is 210. The third-order valence-corrected chi connectivity index (χ3v) is 2.86. The minimum Gasteiger partial charge on any atom is -0.384 e. The Morgan fingerprint density at radius 3 is 2.60 bits per heavy atom. The van der Waals surface area contributed by atoms with Crippen molar-refractivity contribution in [3.63, 3.8) is 0 Å². The Labute approximate surface area is 97.3 Å². The Morgan fingerprint density at radius 1 is 1.60 bits per heavy atom. The number of ether oxygens (including phenoxy) is 1. The van der Waals surface area contributed by atoms with Crippen LogP contribution in [0.2, 0.25) is 0 Å². The molecule has 0 aromatic heterocycles. The number of amides is 1. The zero-order valence-corrected chi connectivity index (χ0v) is 10.2. The number of nitrogens with one attached hydrogen (secondary N) is 1. The first-order valence-corrected chi connectivity index (χ1v) is 5.12. The molecule has 1 amide bonds. The summed E-state index contributed by atoms with van der Waals surface area (Å²) in [6, 6.07) is 0. The molecule has 1 rings (SSSR count). The molecule has 0 radical (unpaired) electrons. The summed E-state index contributed by atoms with van der Waals surface area (Å²) < 4.78 is 4.84. The van der Waals surface area contributed by atoms with Crippen LogP contribution in [-0.2, 0) is 9.53 Å². The summed E-state index contributed by atoms with van der Waals surface area (Å²) in [5.74, 6) is 0.602. The molecule has 1 fully saturated rings. The molecule has 0 aromatic rings. The minimum atomic E-state index is -0.204. The van der Waals surface area contributed by atoms with Crippen molar-refractivity contribution >= 4 is 18.3 Å². The Morgan fingerprint density at radius 2 is 2.20 bits per heavy atom. The van der Waals surface area contributed by atoms with Crippen LogP contribution in [0.1, 0.15) is 26.2 Å². The fraction of sp³-hybridized carbons (Fsp3) is 0.900. The molecule has 4 nitrogen and oxygen atoms in total. The number of rotatable bonds is 6. The molecule has 5 heteroatoms. The van der Waals surface area contributed by atoms with Gasteiger partial charge in [-0.15, -0.1) is 12.4 Å². The smallest absolute Gasteiger partial charge is 0.222 e. The number of carbonyl (C=O) groups is 1. The lowest BCUT2D eigenvalue weighted by molar-refractivity contribution is -0.123. The van der Waals surface area contributed by atoms with E-state index in [2.05, 4.69) is 5.32 Å². The summed E-state index contributed by atoms with van der Waals surface area (Å²) in [7, 11) is 1.59. The second-order valence-electron chi connectivity index (χ2n) is 4.19. The molecule has 15 heavy (non-hydrogen) atoms. The highest BCUT2D eigenvalue weighted by Gasteiger charge is 2.41. The van der Waals surface area contributed by atoms with Crippen molar-refractivity contribution < 1.29 is 9.53 Å². The standard InChI is InChI=1S/C10H20N2O2.ClH/c1-10(7-11,8-3-4-8)12-9(13)5-6-14-2;/h8H,3-7,11H2,1-2H3,(H,12,13);1H. The summed E-state index contributed by atoms with van der Waals surface area (Å²) >= 11 is 0. The Balaban J connectivity index is 0.00000196. The fourth-order valence-electron chi connectivity index (χ4n) is 1.62. The summed E-state index contributed by atoms with van der Waals surface area (Å²) in [5.41, 5.74) is 5.48. The second-order valence-corrected chi connectivity index (χ2v) is 4.19. The first kappa shape index (κ1) is 14.7. The van der Waals surface area contributed by atoms with E-state index < -0.39 is 0 Å². The number of hydrogen-bond donors (Lipinski definition) is 2. The van der Waals surface area contributed by atoms with Gasteiger partial charge < -0.3 is 15.8 Å². The van der Waals surface area contributed by atoms with Crippen molar-refractivity contribution in [2.24, 2.45) is 11.7 Å². The van der Waals surface area contributed by atoms with Crippen LogP contribution in [0.4, 0.5) is 0 Å². The topological polar surface area (TPSA) is 64.3 Å². The first-order chi connectivity index (χ1) is 6.62. The van der Waals surface area contributed by atoms with Gasteiger partial charge in [-0.2, -0.15) is 0 Å². The van der Waals surface area contributed by atoms with E-state index in [9.17, 15) is 4.79 Å². The maximum absolute atomic E-state index is 11.5. The van der Waals surface area contributed by atoms with E-state index in [1.165, 1.54) is 12.8 Å². The monoisotopic (exact) mass is 236 g/mol. The van der Waals surface area contributed by atoms with Gasteiger partial charge in [-0.25, -0.2) is 0 Å². The molecule has 0 bridgehead atoms. The molecular weight excluding hydrogens is 216 g/mol. The second kappa shape index (κ2) is 6.30.